The van der Waals surface area contributed by atoms with E-state index < -0.39 is 0 Å². The first-order valence-corrected chi connectivity index (χ1v) is 6.10. The molecular weight excluding hydrogens is 204 g/mol. The minimum absolute atomic E-state index is 1.11. The molecule has 2 nitrogen and oxygen atoms in total. The molecule has 0 aliphatic heterocycles. The molecule has 15 heavy (non-hydrogen) atoms. The Hall–Kier alpha value is -1.22. The lowest BCUT2D eigenvalue weighted by atomic mass is 10.1. The van der Waals surface area contributed by atoms with Crippen molar-refractivity contribution in [1.29, 1.82) is 0 Å². The summed E-state index contributed by atoms with van der Waals surface area (Å²) in [7, 11) is 0. The number of hydrogen-bond donors (Lipinski definition) is 0. The Kier molecular flexibility index (Phi) is 3.85. The fourth-order valence-electron chi connectivity index (χ4n) is 1.53. The van der Waals surface area contributed by atoms with E-state index in [9.17, 15) is 0 Å². The van der Waals surface area contributed by atoms with Crippen LogP contribution in [0.2, 0.25) is 0 Å². The fourth-order valence-corrected chi connectivity index (χ4v) is 2.19. The highest BCUT2D eigenvalue weighted by Gasteiger charge is 1.96. The van der Waals surface area contributed by atoms with Crippen molar-refractivity contribution in [1.82, 2.24) is 9.97 Å². The molecule has 0 aromatic carbocycles. The molecule has 0 saturated carbocycles. The summed E-state index contributed by atoms with van der Waals surface area (Å²) in [6, 6.07) is 4.13. The molecule has 0 aliphatic carbocycles. The lowest BCUT2D eigenvalue weighted by molar-refractivity contribution is 0.730. The van der Waals surface area contributed by atoms with Crippen LogP contribution in [0, 0.1) is 0 Å². The largest absolute Gasteiger partial charge is 0.264 e. The molecule has 0 fully saturated rings. The minimum Gasteiger partial charge on any atom is -0.264 e. The highest BCUT2D eigenvalue weighted by Crippen LogP contribution is 2.10. The van der Waals surface area contributed by atoms with E-state index in [0.29, 0.717) is 0 Å². The maximum atomic E-state index is 4.27. The number of aromatic nitrogens is 2. The minimum atomic E-state index is 1.11. The van der Waals surface area contributed by atoms with Crippen LogP contribution in [0.1, 0.15) is 23.4 Å². The van der Waals surface area contributed by atoms with Gasteiger partial charge >= 0.3 is 0 Å². The van der Waals surface area contributed by atoms with E-state index in [4.69, 9.17) is 0 Å². The number of nitrogens with zero attached hydrogens (tertiary/aromatic N) is 2. The maximum absolute atomic E-state index is 4.27. The van der Waals surface area contributed by atoms with Gasteiger partial charge in [-0.25, -0.2) is 4.98 Å². The average molecular weight is 218 g/mol. The lowest BCUT2D eigenvalue weighted by Gasteiger charge is -1.99. The number of hydrogen-bond acceptors (Lipinski definition) is 3. The van der Waals surface area contributed by atoms with E-state index in [0.717, 1.165) is 12.8 Å². The monoisotopic (exact) mass is 218 g/mol. The molecule has 0 N–H and O–H groups in total. The SMILES string of the molecule is c1cncc(CCCCc2nccs2)c1. The summed E-state index contributed by atoms with van der Waals surface area (Å²) in [5.74, 6) is 0. The highest BCUT2D eigenvalue weighted by molar-refractivity contribution is 7.09. The Morgan fingerprint density at radius 1 is 1.13 bits per heavy atom. The number of pyridine rings is 1. The molecule has 0 aliphatic rings. The van der Waals surface area contributed by atoms with Gasteiger partial charge in [-0.1, -0.05) is 6.07 Å². The van der Waals surface area contributed by atoms with Crippen LogP contribution in [0.4, 0.5) is 0 Å². The molecule has 3 heteroatoms. The van der Waals surface area contributed by atoms with Gasteiger partial charge in [0.05, 0.1) is 5.01 Å². The average Bonchev–Trinajstić information content (AvgIpc) is 2.79. The zero-order valence-corrected chi connectivity index (χ0v) is 9.41. The Balaban J connectivity index is 1.68. The first-order chi connectivity index (χ1) is 7.45. The molecule has 2 aromatic heterocycles. The van der Waals surface area contributed by atoms with Crippen molar-refractivity contribution in [2.24, 2.45) is 0 Å². The first kappa shape index (κ1) is 10.3. The second-order valence-corrected chi connectivity index (χ2v) is 4.47. The summed E-state index contributed by atoms with van der Waals surface area (Å²) < 4.78 is 0. The maximum Gasteiger partial charge on any atom is 0.0924 e. The third-order valence-electron chi connectivity index (χ3n) is 2.31. The summed E-state index contributed by atoms with van der Waals surface area (Å²) in [6.07, 6.45) is 10.3. The van der Waals surface area contributed by atoms with E-state index >= 15 is 0 Å². The Labute approximate surface area is 94.0 Å². The van der Waals surface area contributed by atoms with Crippen molar-refractivity contribution in [3.8, 4) is 0 Å². The molecule has 0 atom stereocenters. The number of aryl methyl sites for hydroxylation is 2. The molecule has 2 rings (SSSR count). The van der Waals surface area contributed by atoms with Crippen molar-refractivity contribution < 1.29 is 0 Å². The molecule has 0 radical (unpaired) electrons. The molecule has 0 unspecified atom stereocenters. The van der Waals surface area contributed by atoms with Gasteiger partial charge in [0, 0.05) is 24.0 Å². The standard InChI is InChI=1S/C12H14N2S/c1(2-6-12-14-8-9-15-12)4-11-5-3-7-13-10-11/h3,5,7-10H,1-2,4,6H2. The summed E-state index contributed by atoms with van der Waals surface area (Å²) in [5.41, 5.74) is 1.33. The molecule has 0 amide bonds. The Morgan fingerprint density at radius 2 is 2.07 bits per heavy atom. The van der Waals surface area contributed by atoms with Crippen LogP contribution in [0.15, 0.2) is 36.1 Å². The van der Waals surface area contributed by atoms with Gasteiger partial charge in [0.1, 0.15) is 0 Å². The summed E-state index contributed by atoms with van der Waals surface area (Å²) in [4.78, 5) is 8.37. The van der Waals surface area contributed by atoms with Crippen molar-refractivity contribution in [2.75, 3.05) is 0 Å². The molecule has 0 saturated heterocycles. The fraction of sp³-hybridized carbons (Fsp3) is 0.333. The van der Waals surface area contributed by atoms with Crippen LogP contribution in [-0.4, -0.2) is 9.97 Å². The smallest absolute Gasteiger partial charge is 0.0924 e. The summed E-state index contributed by atoms with van der Waals surface area (Å²) in [6.45, 7) is 0. The van der Waals surface area contributed by atoms with Crippen LogP contribution < -0.4 is 0 Å². The van der Waals surface area contributed by atoms with Gasteiger partial charge in [0.25, 0.3) is 0 Å². The molecular formula is C12H14N2S. The zero-order valence-electron chi connectivity index (χ0n) is 8.60. The summed E-state index contributed by atoms with van der Waals surface area (Å²) >= 11 is 1.75. The number of unbranched alkanes of at least 4 members (excludes halogenated alkanes) is 1. The van der Waals surface area contributed by atoms with E-state index in [1.807, 2.05) is 30.0 Å². The molecule has 0 spiro atoms. The third-order valence-corrected chi connectivity index (χ3v) is 3.15. The second-order valence-electron chi connectivity index (χ2n) is 3.49. The van der Waals surface area contributed by atoms with Gasteiger partial charge in [-0.15, -0.1) is 11.3 Å². The van der Waals surface area contributed by atoms with Crippen LogP contribution in [0.3, 0.4) is 0 Å². The van der Waals surface area contributed by atoms with Gasteiger partial charge in [-0.05, 0) is 37.3 Å². The number of thiazole rings is 1. The van der Waals surface area contributed by atoms with Crippen LogP contribution in [0.25, 0.3) is 0 Å². The Morgan fingerprint density at radius 3 is 2.80 bits per heavy atom. The molecule has 2 heterocycles. The molecule has 0 bridgehead atoms. The topological polar surface area (TPSA) is 25.8 Å². The zero-order chi connectivity index (χ0) is 10.3. The van der Waals surface area contributed by atoms with E-state index in [1.165, 1.54) is 23.4 Å². The van der Waals surface area contributed by atoms with Crippen molar-refractivity contribution in [2.45, 2.75) is 25.7 Å². The second kappa shape index (κ2) is 5.61. The highest BCUT2D eigenvalue weighted by atomic mass is 32.1. The predicted octanol–water partition coefficient (Wildman–Crippen LogP) is 3.10. The summed E-state index contributed by atoms with van der Waals surface area (Å²) in [5, 5.41) is 3.29. The molecule has 2 aromatic rings. The van der Waals surface area contributed by atoms with Crippen molar-refractivity contribution in [3.63, 3.8) is 0 Å². The van der Waals surface area contributed by atoms with Gasteiger partial charge < -0.3 is 0 Å². The van der Waals surface area contributed by atoms with Gasteiger partial charge in [0.2, 0.25) is 0 Å². The van der Waals surface area contributed by atoms with Crippen LogP contribution in [0.5, 0.6) is 0 Å². The quantitative estimate of drug-likeness (QED) is 0.721. The third kappa shape index (κ3) is 3.44. The van der Waals surface area contributed by atoms with Gasteiger partial charge in [-0.3, -0.25) is 4.98 Å². The molecule has 78 valence electrons. The van der Waals surface area contributed by atoms with E-state index in [1.54, 1.807) is 11.3 Å². The normalized spacial score (nSPS) is 10.4. The van der Waals surface area contributed by atoms with Gasteiger partial charge in [0.15, 0.2) is 0 Å². The van der Waals surface area contributed by atoms with Gasteiger partial charge in [-0.2, -0.15) is 0 Å². The Bertz CT molecular complexity index is 370. The first-order valence-electron chi connectivity index (χ1n) is 5.22. The van der Waals surface area contributed by atoms with Crippen molar-refractivity contribution in [3.05, 3.63) is 46.7 Å². The predicted molar refractivity (Wildman–Crippen MR) is 63.0 cm³/mol. The van der Waals surface area contributed by atoms with Crippen molar-refractivity contribution >= 4 is 11.3 Å². The van der Waals surface area contributed by atoms with Crippen LogP contribution in [-0.2, 0) is 12.8 Å². The van der Waals surface area contributed by atoms with E-state index in [-0.39, 0.29) is 0 Å². The van der Waals surface area contributed by atoms with E-state index in [2.05, 4.69) is 16.0 Å². The lowest BCUT2D eigenvalue weighted by Crippen LogP contribution is -1.89. The number of rotatable bonds is 5. The van der Waals surface area contributed by atoms with Crippen LogP contribution >= 0.6 is 11.3 Å².